The Hall–Kier alpha value is -2.16. The molecule has 0 aliphatic rings. The second-order valence-electron chi connectivity index (χ2n) is 13.3. The molecule has 0 atom stereocenters. The summed E-state index contributed by atoms with van der Waals surface area (Å²) in [7, 11) is 3.99. The summed E-state index contributed by atoms with van der Waals surface area (Å²) in [5, 5.41) is 0. The van der Waals surface area contributed by atoms with E-state index in [2.05, 4.69) is 25.7 Å². The van der Waals surface area contributed by atoms with Gasteiger partial charge in [0.1, 0.15) is 0 Å². The summed E-state index contributed by atoms with van der Waals surface area (Å²) < 4.78 is 22.4. The van der Waals surface area contributed by atoms with Crippen LogP contribution in [0, 0.1) is 0 Å². The third-order valence-corrected chi connectivity index (χ3v) is 8.28. The predicted octanol–water partition coefficient (Wildman–Crippen LogP) is 8.88. The van der Waals surface area contributed by atoms with Gasteiger partial charge in [-0.2, -0.15) is 0 Å². The van der Waals surface area contributed by atoms with Gasteiger partial charge in [0.2, 0.25) is 5.60 Å². The molecule has 0 fully saturated rings. The maximum atomic E-state index is 13.7. The first-order valence-electron chi connectivity index (χ1n) is 19.1. The highest BCUT2D eigenvalue weighted by atomic mass is 16.6. The second kappa shape index (κ2) is 31.1. The average Bonchev–Trinajstić information content (AvgIpc) is 3.03. The minimum Gasteiger partial charge on any atom is -0.466 e. The van der Waals surface area contributed by atoms with Crippen molar-refractivity contribution >= 4 is 23.9 Å². The lowest BCUT2D eigenvalue weighted by molar-refractivity contribution is -0.191. The highest BCUT2D eigenvalue weighted by Gasteiger charge is 2.49. The van der Waals surface area contributed by atoms with E-state index >= 15 is 0 Å². The van der Waals surface area contributed by atoms with Crippen LogP contribution in [0.4, 0.5) is 0 Å². The van der Waals surface area contributed by atoms with Crippen LogP contribution < -0.4 is 0 Å². The van der Waals surface area contributed by atoms with Gasteiger partial charge in [0.15, 0.2) is 0 Å². The van der Waals surface area contributed by atoms with E-state index in [4.69, 9.17) is 18.9 Å². The van der Waals surface area contributed by atoms with Gasteiger partial charge in [0.25, 0.3) is 0 Å². The topological polar surface area (TPSA) is 108 Å². The lowest BCUT2D eigenvalue weighted by Gasteiger charge is -2.30. The monoisotopic (exact) mass is 670 g/mol. The molecule has 0 aromatic rings. The quantitative estimate of drug-likeness (QED) is 0.0384. The van der Waals surface area contributed by atoms with E-state index in [1.165, 1.54) is 12.8 Å². The molecule has 0 N–H and O–H groups in total. The number of nitrogens with zero attached hydrogens (tertiary/aromatic N) is 1. The van der Waals surface area contributed by atoms with Gasteiger partial charge < -0.3 is 23.8 Å². The van der Waals surface area contributed by atoms with Crippen molar-refractivity contribution in [3.63, 3.8) is 0 Å². The number of carbonyl (C=O) groups excluding carboxylic acids is 4. The molecule has 9 heteroatoms. The zero-order valence-electron chi connectivity index (χ0n) is 31.0. The summed E-state index contributed by atoms with van der Waals surface area (Å²) in [5.74, 6) is -2.92. The van der Waals surface area contributed by atoms with Crippen LogP contribution in [0.2, 0.25) is 0 Å². The van der Waals surface area contributed by atoms with Crippen molar-refractivity contribution in [1.82, 2.24) is 4.90 Å². The summed E-state index contributed by atoms with van der Waals surface area (Å²) in [5.41, 5.74) is -2.13. The Kier molecular flexibility index (Phi) is 29.7. The number of unbranched alkanes of at least 4 members (excludes halogenated alkanes) is 17. The zero-order valence-corrected chi connectivity index (χ0v) is 31.0. The van der Waals surface area contributed by atoms with E-state index in [-0.39, 0.29) is 26.2 Å². The standard InChI is InChI=1S/C38H71NO8/c1-6-9-12-15-18-24-29-44-35(41)32-38(37(43)46-31-26-20-17-14-11-8-3,47-34(40)27-22-21-23-28-39(4)5)33-36(42)45-30-25-19-16-13-10-7-2/h6-33H2,1-5H3. The molecule has 0 aliphatic heterocycles. The molecule has 47 heavy (non-hydrogen) atoms. The number of carbonyl (C=O) groups is 4. The summed E-state index contributed by atoms with van der Waals surface area (Å²) in [6, 6.07) is 0. The number of ether oxygens (including phenoxy) is 4. The first kappa shape index (κ1) is 44.8. The van der Waals surface area contributed by atoms with E-state index in [0.29, 0.717) is 25.7 Å². The zero-order chi connectivity index (χ0) is 35.0. The normalized spacial score (nSPS) is 11.4. The SMILES string of the molecule is CCCCCCCCOC(=O)CC(CC(=O)OCCCCCCCC)(OC(=O)CCCCCN(C)C)C(=O)OCCCCCCCC. The van der Waals surface area contributed by atoms with Crippen LogP contribution in [-0.2, 0) is 38.1 Å². The van der Waals surface area contributed by atoms with Crippen LogP contribution in [0.15, 0.2) is 0 Å². The first-order valence-corrected chi connectivity index (χ1v) is 19.1. The molecule has 0 saturated carbocycles. The number of hydrogen-bond acceptors (Lipinski definition) is 9. The van der Waals surface area contributed by atoms with Gasteiger partial charge in [-0.05, 0) is 52.7 Å². The third kappa shape index (κ3) is 26.5. The molecule has 276 valence electrons. The van der Waals surface area contributed by atoms with Crippen molar-refractivity contribution in [3.05, 3.63) is 0 Å². The Bertz CT molecular complexity index is 769. The fourth-order valence-electron chi connectivity index (χ4n) is 5.35. The van der Waals surface area contributed by atoms with E-state index in [9.17, 15) is 19.2 Å². The molecule has 0 aliphatic carbocycles. The smallest absolute Gasteiger partial charge is 0.351 e. The van der Waals surface area contributed by atoms with Crippen LogP contribution in [-0.4, -0.2) is 74.8 Å². The third-order valence-electron chi connectivity index (χ3n) is 8.28. The van der Waals surface area contributed by atoms with Crippen molar-refractivity contribution < 1.29 is 38.1 Å². The molecule has 9 nitrogen and oxygen atoms in total. The van der Waals surface area contributed by atoms with E-state index in [0.717, 1.165) is 103 Å². The Morgan fingerprint density at radius 2 is 0.851 bits per heavy atom. The van der Waals surface area contributed by atoms with Crippen molar-refractivity contribution in [2.45, 2.75) is 180 Å². The number of rotatable bonds is 33. The van der Waals surface area contributed by atoms with Crippen LogP contribution in [0.1, 0.15) is 175 Å². The highest BCUT2D eigenvalue weighted by molar-refractivity contribution is 5.92. The van der Waals surface area contributed by atoms with Gasteiger partial charge in [-0.1, -0.05) is 124 Å². The summed E-state index contributed by atoms with van der Waals surface area (Å²) in [4.78, 5) is 55.1. The van der Waals surface area contributed by atoms with Gasteiger partial charge in [-0.15, -0.1) is 0 Å². The molecule has 0 unspecified atom stereocenters. The van der Waals surface area contributed by atoms with E-state index in [1.807, 2.05) is 14.1 Å². The minimum absolute atomic E-state index is 0.0690. The van der Waals surface area contributed by atoms with Crippen molar-refractivity contribution in [3.8, 4) is 0 Å². The first-order chi connectivity index (χ1) is 22.7. The fraction of sp³-hybridized carbons (Fsp3) is 0.895. The van der Waals surface area contributed by atoms with Crippen LogP contribution in [0.5, 0.6) is 0 Å². The molecular formula is C38H71NO8. The maximum absolute atomic E-state index is 13.7. The van der Waals surface area contributed by atoms with Crippen molar-refractivity contribution in [2.24, 2.45) is 0 Å². The maximum Gasteiger partial charge on any atom is 0.351 e. The summed E-state index contributed by atoms with van der Waals surface area (Å²) in [6.45, 7) is 7.91. The van der Waals surface area contributed by atoms with Gasteiger partial charge >= 0.3 is 23.9 Å². The van der Waals surface area contributed by atoms with Crippen LogP contribution in [0.25, 0.3) is 0 Å². The van der Waals surface area contributed by atoms with Gasteiger partial charge in [-0.3, -0.25) is 14.4 Å². The molecular weight excluding hydrogens is 598 g/mol. The molecule has 0 aromatic heterocycles. The number of hydrogen-bond donors (Lipinski definition) is 0. The highest BCUT2D eigenvalue weighted by Crippen LogP contribution is 2.27. The van der Waals surface area contributed by atoms with E-state index < -0.39 is 42.3 Å². The van der Waals surface area contributed by atoms with E-state index in [1.54, 1.807) is 0 Å². The predicted molar refractivity (Wildman–Crippen MR) is 188 cm³/mol. The fourth-order valence-corrected chi connectivity index (χ4v) is 5.35. The Morgan fingerprint density at radius 3 is 1.28 bits per heavy atom. The molecule has 0 rings (SSSR count). The molecule has 0 heterocycles. The van der Waals surface area contributed by atoms with Crippen LogP contribution in [0.3, 0.4) is 0 Å². The molecule has 0 aromatic carbocycles. The molecule has 0 radical (unpaired) electrons. The number of esters is 4. The Labute approximate surface area is 287 Å². The molecule has 0 saturated heterocycles. The summed E-state index contributed by atoms with van der Waals surface area (Å²) >= 11 is 0. The van der Waals surface area contributed by atoms with Crippen LogP contribution >= 0.6 is 0 Å². The largest absolute Gasteiger partial charge is 0.466 e. The lowest BCUT2D eigenvalue weighted by Crippen LogP contribution is -2.48. The molecule has 0 amide bonds. The molecule has 0 bridgehead atoms. The molecule has 0 spiro atoms. The Balaban J connectivity index is 5.60. The van der Waals surface area contributed by atoms with Crippen molar-refractivity contribution in [1.29, 1.82) is 0 Å². The van der Waals surface area contributed by atoms with Gasteiger partial charge in [0.05, 0.1) is 32.7 Å². The van der Waals surface area contributed by atoms with Crippen molar-refractivity contribution in [2.75, 3.05) is 40.5 Å². The lowest BCUT2D eigenvalue weighted by atomic mass is 9.94. The minimum atomic E-state index is -2.13. The average molecular weight is 670 g/mol. The second-order valence-corrected chi connectivity index (χ2v) is 13.3. The van der Waals surface area contributed by atoms with Gasteiger partial charge in [-0.25, -0.2) is 4.79 Å². The summed E-state index contributed by atoms with van der Waals surface area (Å²) in [6.07, 6.45) is 19.6. The van der Waals surface area contributed by atoms with Gasteiger partial charge in [0, 0.05) is 6.42 Å². The Morgan fingerprint density at radius 1 is 0.468 bits per heavy atom.